The lowest BCUT2D eigenvalue weighted by molar-refractivity contribution is 0.0723. The Bertz CT molecular complexity index is 26.7. The van der Waals surface area contributed by atoms with E-state index in [9.17, 15) is 5.11 Å². The van der Waals surface area contributed by atoms with Crippen molar-refractivity contribution in [3.63, 3.8) is 0 Å². The quantitative estimate of drug-likeness (QED) is 0.486. The highest BCUT2D eigenvalue weighted by Crippen LogP contribution is 1.84. The predicted octanol–water partition coefficient (Wildman–Crippen LogP) is 0.614. The van der Waals surface area contributed by atoms with E-state index >= 15 is 0 Å². The molecule has 2 heteroatoms. The van der Waals surface area contributed by atoms with Crippen LogP contribution in [0.5, 0.6) is 0 Å². The van der Waals surface area contributed by atoms with Crippen LogP contribution >= 0.6 is 0 Å². The molecule has 0 aliphatic heterocycles. The average Bonchev–Trinajstić information content (AvgIpc) is 1.35. The maximum absolute atomic E-state index is 9.95. The maximum Gasteiger partial charge on any atom is 0.119 e. The summed E-state index contributed by atoms with van der Waals surface area (Å²) in [7, 11) is 1.47. The van der Waals surface area contributed by atoms with E-state index in [0.717, 1.165) is 0 Å². The van der Waals surface area contributed by atoms with E-state index in [1.54, 1.807) is 0 Å². The topological polar surface area (TPSA) is 29.1 Å². The van der Waals surface area contributed by atoms with Gasteiger partial charge in [0.25, 0.3) is 0 Å². The van der Waals surface area contributed by atoms with Crippen LogP contribution in [-0.4, -0.2) is 13.2 Å². The molecule has 1 unspecified atom stereocenters. The molecule has 0 aromatic heterocycles. The van der Waals surface area contributed by atoms with Crippen molar-refractivity contribution in [2.75, 3.05) is 7.11 Å². The zero-order valence-corrected chi connectivity index (χ0v) is 3.97. The Kier molecular flexibility index (Phi) is 3.08. The highest BCUT2D eigenvalue weighted by molar-refractivity contribution is 4.54. The van der Waals surface area contributed by atoms with Gasteiger partial charge in [-0.1, -0.05) is 0 Å². The van der Waals surface area contributed by atoms with E-state index in [1.807, 2.05) is 0 Å². The Labute approximate surface area is 37.7 Å². The molecule has 0 saturated heterocycles. The fraction of sp³-hybridized carbons (Fsp3) is 0.750. The molecule has 2 nitrogen and oxygen atoms in total. The summed E-state index contributed by atoms with van der Waals surface area (Å²) in [5.41, 5.74) is 0. The molecule has 0 aromatic carbocycles. The van der Waals surface area contributed by atoms with E-state index in [1.165, 1.54) is 20.6 Å². The molecule has 36 valence electrons. The highest BCUT2D eigenvalue weighted by atomic mass is 16.5. The third kappa shape index (κ3) is 3.92. The first kappa shape index (κ1) is 5.92. The van der Waals surface area contributed by atoms with Crippen molar-refractivity contribution < 1.29 is 9.84 Å². The summed E-state index contributed by atoms with van der Waals surface area (Å²) in [4.78, 5) is 0. The van der Waals surface area contributed by atoms with Gasteiger partial charge >= 0.3 is 0 Å². The van der Waals surface area contributed by atoms with Crippen LogP contribution in [0.4, 0.5) is 0 Å². The van der Waals surface area contributed by atoms with Gasteiger partial charge in [-0.3, -0.25) is 0 Å². The van der Waals surface area contributed by atoms with Crippen LogP contribution in [0.1, 0.15) is 6.92 Å². The van der Waals surface area contributed by atoms with Gasteiger partial charge in [0, 0.05) is 7.11 Å². The molecule has 6 heavy (non-hydrogen) atoms. The number of hydrogen-bond donors (Lipinski definition) is 0. The zero-order chi connectivity index (χ0) is 4.99. The summed E-state index contributed by atoms with van der Waals surface area (Å²) in [6, 6.07) is 0. The molecule has 1 atom stereocenters. The van der Waals surface area contributed by atoms with Crippen LogP contribution in [0.15, 0.2) is 0 Å². The van der Waals surface area contributed by atoms with Gasteiger partial charge in [0.1, 0.15) is 12.7 Å². The van der Waals surface area contributed by atoms with Crippen molar-refractivity contribution in [3.05, 3.63) is 6.61 Å². The third-order valence-electron chi connectivity index (χ3n) is 0.328. The molecule has 0 bridgehead atoms. The summed E-state index contributed by atoms with van der Waals surface area (Å²) in [6.07, 6.45) is -0.699. The maximum atomic E-state index is 9.95. The molecule has 0 amide bonds. The molecule has 0 saturated carbocycles. The smallest absolute Gasteiger partial charge is 0.119 e. The van der Waals surface area contributed by atoms with Crippen molar-refractivity contribution in [2.24, 2.45) is 0 Å². The van der Waals surface area contributed by atoms with Gasteiger partial charge in [-0.15, -0.1) is 0 Å². The Hall–Kier alpha value is -0.0800. The Morgan fingerprint density at radius 3 is 2.33 bits per heavy atom. The first-order chi connectivity index (χ1) is 2.77. The molecule has 0 aliphatic rings. The first-order valence-electron chi connectivity index (χ1n) is 1.79. The van der Waals surface area contributed by atoms with E-state index in [0.29, 0.717) is 0 Å². The fourth-order valence-corrected chi connectivity index (χ4v) is 0.192. The van der Waals surface area contributed by atoms with Gasteiger partial charge in [0.2, 0.25) is 0 Å². The minimum Gasteiger partial charge on any atom is -0.376 e. The molecule has 0 spiro atoms. The lowest BCUT2D eigenvalue weighted by Gasteiger charge is -1.92. The van der Waals surface area contributed by atoms with E-state index in [2.05, 4.69) is 4.74 Å². The predicted molar refractivity (Wildman–Crippen MR) is 21.5 cm³/mol. The highest BCUT2D eigenvalue weighted by Gasteiger charge is 1.92. The Morgan fingerprint density at radius 1 is 1.83 bits per heavy atom. The summed E-state index contributed by atoms with van der Waals surface area (Å²) in [6.45, 7) is 2.75. The van der Waals surface area contributed by atoms with Crippen molar-refractivity contribution >= 4 is 0 Å². The number of methoxy groups -OCH3 is 1. The fourth-order valence-electron chi connectivity index (χ4n) is 0.192. The second-order valence-electron chi connectivity index (χ2n) is 1.08. The van der Waals surface area contributed by atoms with Crippen molar-refractivity contribution in [2.45, 2.75) is 13.0 Å². The van der Waals surface area contributed by atoms with Crippen molar-refractivity contribution in [1.82, 2.24) is 0 Å². The lowest BCUT2D eigenvalue weighted by Crippen LogP contribution is -1.98. The lowest BCUT2D eigenvalue weighted by atomic mass is 10.5. The van der Waals surface area contributed by atoms with Crippen molar-refractivity contribution in [1.29, 1.82) is 0 Å². The van der Waals surface area contributed by atoms with Crippen LogP contribution in [0.25, 0.3) is 0 Å². The molecular weight excluding hydrogens is 80.0 g/mol. The van der Waals surface area contributed by atoms with Gasteiger partial charge in [-0.05, 0) is 6.92 Å². The standard InChI is InChI=1S/C4H8O2/c1-4(5)3-6-2/h3-4H,1-2H3. The summed E-state index contributed by atoms with van der Waals surface area (Å²) in [5.74, 6) is 0. The van der Waals surface area contributed by atoms with Crippen LogP contribution in [0, 0.1) is 6.61 Å². The van der Waals surface area contributed by atoms with Crippen LogP contribution in [-0.2, 0) is 9.84 Å². The van der Waals surface area contributed by atoms with E-state index in [-0.39, 0.29) is 0 Å². The van der Waals surface area contributed by atoms with Crippen LogP contribution in [0.3, 0.4) is 0 Å². The minimum absolute atomic E-state index is 0.699. The van der Waals surface area contributed by atoms with Crippen molar-refractivity contribution in [3.8, 4) is 0 Å². The SMILES string of the molecule is CO[CH]C(C)[O]. The van der Waals surface area contributed by atoms with Gasteiger partial charge in [0.15, 0.2) is 0 Å². The zero-order valence-electron chi connectivity index (χ0n) is 3.97. The summed E-state index contributed by atoms with van der Waals surface area (Å²) >= 11 is 0. The Morgan fingerprint density at radius 2 is 2.33 bits per heavy atom. The molecule has 0 N–H and O–H groups in total. The van der Waals surface area contributed by atoms with E-state index < -0.39 is 6.10 Å². The average molecular weight is 88.1 g/mol. The monoisotopic (exact) mass is 88.1 g/mol. The summed E-state index contributed by atoms with van der Waals surface area (Å²) in [5, 5.41) is 9.95. The molecule has 0 heterocycles. The minimum atomic E-state index is -0.699. The first-order valence-corrected chi connectivity index (χ1v) is 1.79. The molecule has 0 rings (SSSR count). The molecular formula is C4H8O2. The molecule has 0 aromatic rings. The second-order valence-corrected chi connectivity index (χ2v) is 1.08. The number of rotatable bonds is 2. The number of ether oxygens (including phenoxy) is 1. The Balaban J connectivity index is 2.63. The van der Waals surface area contributed by atoms with E-state index in [4.69, 9.17) is 0 Å². The normalized spacial score (nSPS) is 14.5. The van der Waals surface area contributed by atoms with Crippen LogP contribution in [0.2, 0.25) is 0 Å². The molecule has 2 radical (unpaired) electrons. The molecule has 0 fully saturated rings. The second kappa shape index (κ2) is 3.12. The van der Waals surface area contributed by atoms with Gasteiger partial charge in [-0.25, -0.2) is 5.11 Å². The van der Waals surface area contributed by atoms with Crippen LogP contribution < -0.4 is 0 Å². The van der Waals surface area contributed by atoms with Gasteiger partial charge < -0.3 is 4.74 Å². The largest absolute Gasteiger partial charge is 0.376 e. The number of hydrogen-bond acceptors (Lipinski definition) is 1. The van der Waals surface area contributed by atoms with Gasteiger partial charge in [0.05, 0.1) is 0 Å². The van der Waals surface area contributed by atoms with Gasteiger partial charge in [-0.2, -0.15) is 0 Å². The molecule has 0 aliphatic carbocycles. The third-order valence-corrected chi connectivity index (χ3v) is 0.328. The summed E-state index contributed by atoms with van der Waals surface area (Å²) < 4.78 is 4.37.